The second-order valence-corrected chi connectivity index (χ2v) is 13.9. The van der Waals surface area contributed by atoms with Crippen LogP contribution in [0.15, 0.2) is 23.3 Å². The van der Waals surface area contributed by atoms with Gasteiger partial charge in [0.2, 0.25) is 0 Å². The summed E-state index contributed by atoms with van der Waals surface area (Å²) in [6.07, 6.45) is 13.4. The van der Waals surface area contributed by atoms with Crippen molar-refractivity contribution in [2.75, 3.05) is 6.61 Å². The predicted octanol–water partition coefficient (Wildman–Crippen LogP) is 6.42. The molecule has 7 unspecified atom stereocenters. The van der Waals surface area contributed by atoms with E-state index in [1.54, 1.807) is 0 Å². The molecule has 4 aliphatic rings. The van der Waals surface area contributed by atoms with Gasteiger partial charge in [0, 0.05) is 10.8 Å². The molecule has 4 rings (SSSR count). The van der Waals surface area contributed by atoms with Gasteiger partial charge in [-0.05, 0) is 91.6 Å². The Kier molecular flexibility index (Phi) is 6.33. The predicted molar refractivity (Wildman–Crippen MR) is 136 cm³/mol. The van der Waals surface area contributed by atoms with Crippen LogP contribution in [0.4, 0.5) is 0 Å². The molecule has 0 radical (unpaired) electrons. The Morgan fingerprint density at radius 3 is 2.39 bits per heavy atom. The third-order valence-electron chi connectivity index (χ3n) is 11.4. The molecule has 0 heterocycles. The summed E-state index contributed by atoms with van der Waals surface area (Å²) in [5.74, 6) is 1.20. The largest absolute Gasteiger partial charge is 0.396 e. The molecule has 0 aromatic heterocycles. The van der Waals surface area contributed by atoms with E-state index in [4.69, 9.17) is 0 Å². The molecule has 2 saturated carbocycles. The maximum absolute atomic E-state index is 11.7. The van der Waals surface area contributed by atoms with Gasteiger partial charge in [-0.3, -0.25) is 0 Å². The van der Waals surface area contributed by atoms with Gasteiger partial charge in [-0.15, -0.1) is 0 Å². The van der Waals surface area contributed by atoms with E-state index in [9.17, 15) is 15.3 Å². The van der Waals surface area contributed by atoms with Crippen LogP contribution >= 0.6 is 0 Å². The van der Waals surface area contributed by atoms with Crippen molar-refractivity contribution in [2.24, 2.45) is 39.4 Å². The van der Waals surface area contributed by atoms with Crippen molar-refractivity contribution in [2.45, 2.75) is 118 Å². The van der Waals surface area contributed by atoms with Gasteiger partial charge in [-0.25, -0.2) is 0 Å². The smallest absolute Gasteiger partial charge is 0.0654 e. The van der Waals surface area contributed by atoms with Gasteiger partial charge in [0.1, 0.15) is 0 Å². The van der Waals surface area contributed by atoms with E-state index in [1.165, 1.54) is 11.1 Å². The molecule has 0 aliphatic heterocycles. The highest BCUT2D eigenvalue weighted by atomic mass is 16.3. The Morgan fingerprint density at radius 2 is 1.76 bits per heavy atom. The third-order valence-corrected chi connectivity index (χ3v) is 11.4. The average molecular weight is 459 g/mol. The van der Waals surface area contributed by atoms with E-state index >= 15 is 0 Å². The number of allylic oxidation sites excluding steroid dienone is 4. The van der Waals surface area contributed by atoms with Gasteiger partial charge >= 0.3 is 0 Å². The molecule has 3 nitrogen and oxygen atoms in total. The lowest BCUT2D eigenvalue weighted by Gasteiger charge is -2.61. The van der Waals surface area contributed by atoms with Crippen LogP contribution in [0.25, 0.3) is 0 Å². The summed E-state index contributed by atoms with van der Waals surface area (Å²) in [5, 5.41) is 33.5. The van der Waals surface area contributed by atoms with Crippen LogP contribution in [0.3, 0.4) is 0 Å². The molecule has 3 N–H and O–H groups in total. The van der Waals surface area contributed by atoms with Crippen LogP contribution in [0.1, 0.15) is 106 Å². The van der Waals surface area contributed by atoms with Crippen molar-refractivity contribution in [3.8, 4) is 0 Å². The van der Waals surface area contributed by atoms with Crippen molar-refractivity contribution in [3.05, 3.63) is 23.3 Å². The molecule has 0 spiro atoms. The van der Waals surface area contributed by atoms with Crippen LogP contribution in [-0.2, 0) is 0 Å². The minimum Gasteiger partial charge on any atom is -0.396 e. The van der Waals surface area contributed by atoms with E-state index < -0.39 is 5.60 Å². The molecule has 0 saturated heterocycles. The summed E-state index contributed by atoms with van der Waals surface area (Å²) in [5.41, 5.74) is 1.78. The van der Waals surface area contributed by atoms with Crippen LogP contribution in [0.5, 0.6) is 0 Å². The molecule has 4 aliphatic carbocycles. The maximum Gasteiger partial charge on any atom is 0.0654 e. The van der Waals surface area contributed by atoms with Gasteiger partial charge in [0.25, 0.3) is 0 Å². The number of aliphatic hydroxyl groups excluding tert-OH is 2. The zero-order valence-electron chi connectivity index (χ0n) is 22.4. The lowest BCUT2D eigenvalue weighted by molar-refractivity contribution is -0.108. The highest BCUT2D eigenvalue weighted by Gasteiger charge is 2.66. The fourth-order valence-corrected chi connectivity index (χ4v) is 9.14. The zero-order chi connectivity index (χ0) is 24.4. The summed E-state index contributed by atoms with van der Waals surface area (Å²) >= 11 is 0. The van der Waals surface area contributed by atoms with Crippen LogP contribution in [0, 0.1) is 39.4 Å². The molecule has 0 aromatic carbocycles. The molecular formula is C30H50O3. The summed E-state index contributed by atoms with van der Waals surface area (Å²) in [7, 11) is 0. The topological polar surface area (TPSA) is 60.7 Å². The van der Waals surface area contributed by atoms with Gasteiger partial charge in [0.05, 0.1) is 18.3 Å². The molecule has 0 amide bonds. The van der Waals surface area contributed by atoms with Crippen molar-refractivity contribution < 1.29 is 15.3 Å². The summed E-state index contributed by atoms with van der Waals surface area (Å²) in [4.78, 5) is 0. The Hall–Kier alpha value is -0.640. The first-order valence-corrected chi connectivity index (χ1v) is 13.7. The van der Waals surface area contributed by atoms with Crippen LogP contribution < -0.4 is 0 Å². The summed E-state index contributed by atoms with van der Waals surface area (Å²) < 4.78 is 0. The van der Waals surface area contributed by atoms with E-state index in [2.05, 4.69) is 53.7 Å². The van der Waals surface area contributed by atoms with Crippen molar-refractivity contribution in [3.63, 3.8) is 0 Å². The maximum atomic E-state index is 11.7. The number of aliphatic hydroxyl groups is 3. The fraction of sp³-hybridized carbons (Fsp3) is 0.867. The zero-order valence-corrected chi connectivity index (χ0v) is 22.4. The van der Waals surface area contributed by atoms with Crippen LogP contribution in [0.2, 0.25) is 0 Å². The average Bonchev–Trinajstić information content (AvgIpc) is 3.05. The molecule has 3 heteroatoms. The molecule has 188 valence electrons. The van der Waals surface area contributed by atoms with Gasteiger partial charge < -0.3 is 15.3 Å². The highest BCUT2D eigenvalue weighted by molar-refractivity contribution is 5.50. The summed E-state index contributed by atoms with van der Waals surface area (Å²) in [6.45, 7) is 16.0. The minimum absolute atomic E-state index is 0.0787. The van der Waals surface area contributed by atoms with Crippen molar-refractivity contribution >= 4 is 0 Å². The first kappa shape index (κ1) is 25.5. The Balaban J connectivity index is 1.71. The SMILES string of the molecule is CC(C)CCCC(C)(O)C1CCC2(C)C3=CCC4C(C)(CCC(O)C4(C)C)C3=CCC12CO. The van der Waals surface area contributed by atoms with E-state index in [0.29, 0.717) is 11.8 Å². The number of hydrogen-bond acceptors (Lipinski definition) is 3. The van der Waals surface area contributed by atoms with Crippen molar-refractivity contribution in [1.29, 1.82) is 0 Å². The molecule has 0 aromatic rings. The molecule has 7 atom stereocenters. The van der Waals surface area contributed by atoms with Crippen LogP contribution in [-0.4, -0.2) is 33.6 Å². The molecular weight excluding hydrogens is 408 g/mol. The number of fused-ring (bicyclic) bond motifs is 5. The Labute approximate surface area is 202 Å². The second kappa shape index (κ2) is 8.20. The third kappa shape index (κ3) is 3.54. The standard InChI is InChI=1S/C30H50O3/c1-20(2)9-8-15-29(7,33)24-13-17-28(6)22-10-11-23-26(3,4)25(32)14-16-27(23,5)21(22)12-18-30(24,28)19-31/h10,12,20,23-25,31-33H,8-9,11,13-19H2,1-7H3. The summed E-state index contributed by atoms with van der Waals surface area (Å²) in [6, 6.07) is 0. The van der Waals surface area contributed by atoms with E-state index in [0.717, 1.165) is 57.8 Å². The molecule has 33 heavy (non-hydrogen) atoms. The van der Waals surface area contributed by atoms with Gasteiger partial charge in [-0.1, -0.05) is 66.5 Å². The Bertz CT molecular complexity index is 820. The minimum atomic E-state index is -0.751. The molecule has 0 bridgehead atoms. The first-order valence-electron chi connectivity index (χ1n) is 13.7. The van der Waals surface area contributed by atoms with Gasteiger partial charge in [-0.2, -0.15) is 0 Å². The number of hydrogen-bond donors (Lipinski definition) is 3. The monoisotopic (exact) mass is 458 g/mol. The highest BCUT2D eigenvalue weighted by Crippen LogP contribution is 2.72. The normalized spacial score (nSPS) is 43.8. The van der Waals surface area contributed by atoms with E-state index in [-0.39, 0.29) is 40.3 Å². The van der Waals surface area contributed by atoms with E-state index in [1.807, 2.05) is 6.92 Å². The lowest BCUT2D eigenvalue weighted by atomic mass is 9.43. The van der Waals surface area contributed by atoms with Gasteiger partial charge in [0.15, 0.2) is 0 Å². The Morgan fingerprint density at radius 1 is 1.06 bits per heavy atom. The molecule has 2 fully saturated rings. The van der Waals surface area contributed by atoms with Crippen molar-refractivity contribution in [1.82, 2.24) is 0 Å². The fourth-order valence-electron chi connectivity index (χ4n) is 9.14. The quantitative estimate of drug-likeness (QED) is 0.430. The first-order chi connectivity index (χ1) is 15.3. The number of rotatable bonds is 6. The second-order valence-electron chi connectivity index (χ2n) is 13.9. The lowest BCUT2D eigenvalue weighted by Crippen LogP contribution is -2.57.